The smallest absolute Gasteiger partial charge is 0.335 e. The summed E-state index contributed by atoms with van der Waals surface area (Å²) in [5.74, 6) is -0.333. The molecule has 7 nitrogen and oxygen atoms in total. The molecule has 2 aromatic carbocycles. The van der Waals surface area contributed by atoms with Crippen molar-refractivity contribution in [3.05, 3.63) is 57.6 Å². The van der Waals surface area contributed by atoms with E-state index < -0.39 is 5.97 Å². The lowest BCUT2D eigenvalue weighted by Gasteiger charge is -2.12. The van der Waals surface area contributed by atoms with E-state index in [1.54, 1.807) is 38.3 Å². The fraction of sp³-hybridized carbons (Fsp3) is 0.150. The molecule has 8 heteroatoms. The summed E-state index contributed by atoms with van der Waals surface area (Å²) >= 11 is 3.43. The summed E-state index contributed by atoms with van der Waals surface area (Å²) in [6.45, 7) is 1.72. The summed E-state index contributed by atoms with van der Waals surface area (Å²) in [4.78, 5) is 24.1. The molecular weight excluding hydrogens is 428 g/mol. The highest BCUT2D eigenvalue weighted by Crippen LogP contribution is 2.37. The van der Waals surface area contributed by atoms with Gasteiger partial charge < -0.3 is 14.6 Å². The number of hydrazone groups is 1. The number of ether oxygens (including phenoxy) is 2. The molecule has 2 aromatic rings. The van der Waals surface area contributed by atoms with Crippen LogP contribution in [0.25, 0.3) is 6.08 Å². The maximum atomic E-state index is 12.9. The van der Waals surface area contributed by atoms with Gasteiger partial charge in [0.2, 0.25) is 0 Å². The number of anilines is 1. The van der Waals surface area contributed by atoms with Crippen LogP contribution in [0.1, 0.15) is 22.8 Å². The molecule has 0 aliphatic carbocycles. The van der Waals surface area contributed by atoms with Crippen LogP contribution in [-0.2, 0) is 4.79 Å². The first-order chi connectivity index (χ1) is 13.3. The minimum atomic E-state index is -1.07. The van der Waals surface area contributed by atoms with Crippen molar-refractivity contribution < 1.29 is 24.2 Å². The zero-order valence-corrected chi connectivity index (χ0v) is 17.0. The lowest BCUT2D eigenvalue weighted by atomic mass is 10.1. The zero-order chi connectivity index (χ0) is 20.4. The van der Waals surface area contributed by atoms with Crippen LogP contribution < -0.4 is 14.5 Å². The number of aromatic carboxylic acids is 1. The Morgan fingerprint density at radius 3 is 2.61 bits per heavy atom. The molecule has 0 fully saturated rings. The molecule has 0 atom stereocenters. The van der Waals surface area contributed by atoms with E-state index in [9.17, 15) is 9.59 Å². The number of nitrogens with zero attached hydrogens (tertiary/aromatic N) is 2. The monoisotopic (exact) mass is 444 g/mol. The second-order valence-corrected chi connectivity index (χ2v) is 6.81. The van der Waals surface area contributed by atoms with Gasteiger partial charge in [-0.2, -0.15) is 10.1 Å². The number of methoxy groups -OCH3 is 2. The number of carbonyl (C=O) groups excluding carboxylic acids is 1. The van der Waals surface area contributed by atoms with Gasteiger partial charge in [-0.1, -0.05) is 6.07 Å². The van der Waals surface area contributed by atoms with Gasteiger partial charge in [0.15, 0.2) is 11.5 Å². The summed E-state index contributed by atoms with van der Waals surface area (Å²) in [6, 6.07) is 9.64. The second kappa shape index (κ2) is 7.85. The Bertz CT molecular complexity index is 1030. The molecule has 0 bridgehead atoms. The second-order valence-electron chi connectivity index (χ2n) is 5.95. The number of halogens is 1. The van der Waals surface area contributed by atoms with Crippen molar-refractivity contribution in [2.24, 2.45) is 5.10 Å². The van der Waals surface area contributed by atoms with E-state index in [4.69, 9.17) is 14.6 Å². The van der Waals surface area contributed by atoms with Gasteiger partial charge in [-0.05, 0) is 64.8 Å². The van der Waals surface area contributed by atoms with Gasteiger partial charge in [-0.25, -0.2) is 4.79 Å². The number of amides is 1. The van der Waals surface area contributed by atoms with Crippen LogP contribution in [0.2, 0.25) is 0 Å². The first-order valence-electron chi connectivity index (χ1n) is 8.22. The van der Waals surface area contributed by atoms with Gasteiger partial charge in [-0.15, -0.1) is 0 Å². The number of hydrogen-bond donors (Lipinski definition) is 1. The maximum Gasteiger partial charge on any atom is 0.335 e. The Kier molecular flexibility index (Phi) is 5.51. The van der Waals surface area contributed by atoms with Crippen LogP contribution in [0.4, 0.5) is 5.69 Å². The molecule has 0 aromatic heterocycles. The molecule has 3 rings (SSSR count). The van der Waals surface area contributed by atoms with Crippen molar-refractivity contribution in [2.75, 3.05) is 19.2 Å². The van der Waals surface area contributed by atoms with E-state index >= 15 is 0 Å². The van der Waals surface area contributed by atoms with Gasteiger partial charge in [0.05, 0.1) is 41.2 Å². The van der Waals surface area contributed by atoms with Gasteiger partial charge in [0.25, 0.3) is 5.91 Å². The van der Waals surface area contributed by atoms with Gasteiger partial charge >= 0.3 is 5.97 Å². The molecule has 1 N–H and O–H groups in total. The summed E-state index contributed by atoms with van der Waals surface area (Å²) in [5.41, 5.74) is 2.13. The predicted molar refractivity (Wildman–Crippen MR) is 109 cm³/mol. The molecule has 1 aliphatic heterocycles. The minimum Gasteiger partial charge on any atom is -0.493 e. The average molecular weight is 445 g/mol. The van der Waals surface area contributed by atoms with Crippen LogP contribution in [-0.4, -0.2) is 36.9 Å². The Balaban J connectivity index is 1.98. The van der Waals surface area contributed by atoms with Crippen LogP contribution in [0.5, 0.6) is 11.5 Å². The Morgan fingerprint density at radius 2 is 1.96 bits per heavy atom. The quantitative estimate of drug-likeness (QED) is 0.704. The van der Waals surface area contributed by atoms with Crippen molar-refractivity contribution >= 4 is 45.3 Å². The molecule has 0 saturated heterocycles. The Hall–Kier alpha value is -3.13. The van der Waals surface area contributed by atoms with Crippen LogP contribution in [0.15, 0.2) is 51.5 Å². The van der Waals surface area contributed by atoms with E-state index in [-0.39, 0.29) is 11.5 Å². The average Bonchev–Trinajstić information content (AvgIpc) is 2.95. The molecule has 0 unspecified atom stereocenters. The van der Waals surface area contributed by atoms with E-state index in [1.165, 1.54) is 24.3 Å². The van der Waals surface area contributed by atoms with Crippen molar-refractivity contribution in [3.63, 3.8) is 0 Å². The third-order valence-electron chi connectivity index (χ3n) is 4.17. The standard InChI is InChI=1S/C20H17BrN2O5/c1-11-15(7-12-8-16(21)18(28-3)17(9-12)27-2)19(24)23(22-11)14-6-4-5-13(10-14)20(25)26/h4-10H,1-3H3,(H,25,26). The molecule has 144 valence electrons. The predicted octanol–water partition coefficient (Wildman–Crippen LogP) is 3.97. The fourth-order valence-corrected chi connectivity index (χ4v) is 3.44. The van der Waals surface area contributed by atoms with Gasteiger partial charge in [0.1, 0.15) is 0 Å². The number of carbonyl (C=O) groups is 2. The number of hydrogen-bond acceptors (Lipinski definition) is 5. The maximum absolute atomic E-state index is 12.9. The number of benzene rings is 2. The van der Waals surface area contributed by atoms with E-state index in [2.05, 4.69) is 21.0 Å². The molecule has 0 radical (unpaired) electrons. The van der Waals surface area contributed by atoms with E-state index in [0.29, 0.717) is 32.9 Å². The van der Waals surface area contributed by atoms with Gasteiger partial charge in [0, 0.05) is 0 Å². The highest BCUT2D eigenvalue weighted by atomic mass is 79.9. The normalized spacial score (nSPS) is 15.0. The Morgan fingerprint density at radius 1 is 1.21 bits per heavy atom. The molecule has 28 heavy (non-hydrogen) atoms. The third-order valence-corrected chi connectivity index (χ3v) is 4.76. The minimum absolute atomic E-state index is 0.0828. The topological polar surface area (TPSA) is 88.4 Å². The molecule has 1 amide bonds. The van der Waals surface area contributed by atoms with Crippen molar-refractivity contribution in [1.82, 2.24) is 0 Å². The highest BCUT2D eigenvalue weighted by Gasteiger charge is 2.29. The number of carboxylic acids is 1. The summed E-state index contributed by atoms with van der Waals surface area (Å²) in [7, 11) is 3.08. The van der Waals surface area contributed by atoms with Crippen molar-refractivity contribution in [3.8, 4) is 11.5 Å². The van der Waals surface area contributed by atoms with Crippen molar-refractivity contribution in [1.29, 1.82) is 0 Å². The lowest BCUT2D eigenvalue weighted by molar-refractivity contribution is -0.114. The molecule has 1 aliphatic rings. The first kappa shape index (κ1) is 19.6. The Labute approximate surface area is 170 Å². The largest absolute Gasteiger partial charge is 0.493 e. The SMILES string of the molecule is COc1cc(C=C2C(=O)N(c3cccc(C(=O)O)c3)N=C2C)cc(Br)c1OC. The molecule has 0 spiro atoms. The fourth-order valence-electron chi connectivity index (χ4n) is 2.82. The van der Waals surface area contributed by atoms with Crippen LogP contribution in [0, 0.1) is 0 Å². The zero-order valence-electron chi connectivity index (χ0n) is 15.4. The number of rotatable bonds is 5. The summed E-state index contributed by atoms with van der Waals surface area (Å²) < 4.78 is 11.3. The van der Waals surface area contributed by atoms with Crippen LogP contribution >= 0.6 is 15.9 Å². The number of carboxylic acid groups (broad SMARTS) is 1. The third kappa shape index (κ3) is 3.63. The summed E-state index contributed by atoms with van der Waals surface area (Å²) in [5, 5.41) is 14.6. The molecule has 1 heterocycles. The molecular formula is C20H17BrN2O5. The van der Waals surface area contributed by atoms with Gasteiger partial charge in [-0.3, -0.25) is 4.79 Å². The van der Waals surface area contributed by atoms with Crippen LogP contribution in [0.3, 0.4) is 0 Å². The highest BCUT2D eigenvalue weighted by molar-refractivity contribution is 9.10. The molecule has 0 saturated carbocycles. The van der Waals surface area contributed by atoms with E-state index in [1.807, 2.05) is 6.07 Å². The lowest BCUT2D eigenvalue weighted by Crippen LogP contribution is -2.21. The van der Waals surface area contributed by atoms with Crippen molar-refractivity contribution in [2.45, 2.75) is 6.92 Å². The summed E-state index contributed by atoms with van der Waals surface area (Å²) in [6.07, 6.45) is 1.70. The first-order valence-corrected chi connectivity index (χ1v) is 9.01. The van der Waals surface area contributed by atoms with E-state index in [0.717, 1.165) is 5.56 Å².